The van der Waals surface area contributed by atoms with E-state index < -0.39 is 0 Å². The molecular formula is C13H16N6O. The third-order valence-corrected chi connectivity index (χ3v) is 3.30. The summed E-state index contributed by atoms with van der Waals surface area (Å²) in [5.74, 6) is 0. The van der Waals surface area contributed by atoms with Gasteiger partial charge in [0.25, 0.3) is 0 Å². The third-order valence-electron chi connectivity index (χ3n) is 3.30. The number of hydrogen-bond acceptors (Lipinski definition) is 4. The molecule has 1 fully saturated rings. The van der Waals surface area contributed by atoms with Gasteiger partial charge in [0.1, 0.15) is 0 Å². The summed E-state index contributed by atoms with van der Waals surface area (Å²) in [6, 6.07) is 7.76. The van der Waals surface area contributed by atoms with Crippen molar-refractivity contribution in [2.24, 2.45) is 7.05 Å². The molecule has 1 aliphatic rings. The maximum atomic E-state index is 11.6. The fourth-order valence-corrected chi connectivity index (χ4v) is 2.17. The number of carbonyl (C=O) groups is 1. The summed E-state index contributed by atoms with van der Waals surface area (Å²) in [5, 5.41) is 13.8. The Morgan fingerprint density at radius 2 is 2.35 bits per heavy atom. The molecule has 1 aromatic heterocycles. The Balaban J connectivity index is 1.71. The van der Waals surface area contributed by atoms with Crippen LogP contribution in [0.25, 0.3) is 0 Å². The van der Waals surface area contributed by atoms with Crippen molar-refractivity contribution in [1.82, 2.24) is 20.3 Å². The molecule has 1 aliphatic heterocycles. The minimum atomic E-state index is -0.0435. The summed E-state index contributed by atoms with van der Waals surface area (Å²) in [7, 11) is 1.86. The van der Waals surface area contributed by atoms with Crippen molar-refractivity contribution < 1.29 is 4.79 Å². The van der Waals surface area contributed by atoms with Gasteiger partial charge in [0.05, 0.1) is 18.4 Å². The van der Waals surface area contributed by atoms with Crippen LogP contribution in [0.3, 0.4) is 0 Å². The summed E-state index contributed by atoms with van der Waals surface area (Å²) in [6.45, 7) is 2.03. The normalized spacial score (nSPS) is 14.4. The molecule has 2 N–H and O–H groups in total. The molecule has 2 amide bonds. The van der Waals surface area contributed by atoms with Gasteiger partial charge in [0.2, 0.25) is 0 Å². The topological polar surface area (TPSA) is 75.1 Å². The minimum Gasteiger partial charge on any atom is -0.379 e. The van der Waals surface area contributed by atoms with Gasteiger partial charge in [-0.05, 0) is 18.2 Å². The Bertz CT molecular complexity index is 623. The monoisotopic (exact) mass is 272 g/mol. The molecular weight excluding hydrogens is 256 g/mol. The van der Waals surface area contributed by atoms with Gasteiger partial charge in [-0.15, -0.1) is 5.10 Å². The lowest BCUT2D eigenvalue weighted by molar-refractivity contribution is 0.252. The summed E-state index contributed by atoms with van der Waals surface area (Å²) in [4.78, 5) is 13.4. The van der Waals surface area contributed by atoms with E-state index in [-0.39, 0.29) is 6.03 Å². The van der Waals surface area contributed by atoms with Crippen LogP contribution in [0.5, 0.6) is 0 Å². The molecule has 2 heterocycles. The Kier molecular flexibility index (Phi) is 3.24. The summed E-state index contributed by atoms with van der Waals surface area (Å²) in [6.07, 6.45) is 1.73. The van der Waals surface area contributed by atoms with Gasteiger partial charge in [-0.25, -0.2) is 4.79 Å². The molecule has 2 aromatic rings. The first-order valence-electron chi connectivity index (χ1n) is 6.47. The fraction of sp³-hybridized carbons (Fsp3) is 0.308. The molecule has 20 heavy (non-hydrogen) atoms. The zero-order valence-corrected chi connectivity index (χ0v) is 11.2. The molecule has 7 nitrogen and oxygen atoms in total. The van der Waals surface area contributed by atoms with Crippen LogP contribution in [0.1, 0.15) is 5.69 Å². The highest BCUT2D eigenvalue weighted by molar-refractivity contribution is 5.94. The average molecular weight is 272 g/mol. The fourth-order valence-electron chi connectivity index (χ4n) is 2.17. The van der Waals surface area contributed by atoms with Crippen LogP contribution in [0.2, 0.25) is 0 Å². The number of benzene rings is 1. The Hall–Kier alpha value is -2.57. The van der Waals surface area contributed by atoms with E-state index >= 15 is 0 Å². The first kappa shape index (κ1) is 12.5. The zero-order valence-electron chi connectivity index (χ0n) is 11.2. The molecule has 0 spiro atoms. The van der Waals surface area contributed by atoms with Crippen molar-refractivity contribution >= 4 is 17.4 Å². The van der Waals surface area contributed by atoms with E-state index in [9.17, 15) is 4.79 Å². The van der Waals surface area contributed by atoms with Gasteiger partial charge >= 0.3 is 6.03 Å². The van der Waals surface area contributed by atoms with Crippen LogP contribution in [0.15, 0.2) is 30.5 Å². The van der Waals surface area contributed by atoms with Crippen LogP contribution >= 0.6 is 0 Å². The number of urea groups is 1. The van der Waals surface area contributed by atoms with Crippen molar-refractivity contribution in [3.8, 4) is 0 Å². The predicted molar refractivity (Wildman–Crippen MR) is 75.5 cm³/mol. The predicted octanol–water partition coefficient (Wildman–Crippen LogP) is 0.957. The Labute approximate surface area is 116 Å². The first-order valence-corrected chi connectivity index (χ1v) is 6.47. The van der Waals surface area contributed by atoms with E-state index in [1.54, 1.807) is 15.8 Å². The number of rotatable bonds is 4. The Morgan fingerprint density at radius 1 is 1.45 bits per heavy atom. The van der Waals surface area contributed by atoms with Gasteiger partial charge in [0.15, 0.2) is 0 Å². The summed E-state index contributed by atoms with van der Waals surface area (Å²) >= 11 is 0. The summed E-state index contributed by atoms with van der Waals surface area (Å²) < 4.78 is 1.73. The second kappa shape index (κ2) is 5.20. The first-order chi connectivity index (χ1) is 9.74. The van der Waals surface area contributed by atoms with Gasteiger partial charge in [-0.3, -0.25) is 9.58 Å². The van der Waals surface area contributed by atoms with Crippen LogP contribution in [-0.4, -0.2) is 34.1 Å². The van der Waals surface area contributed by atoms with Crippen molar-refractivity contribution in [3.05, 3.63) is 36.2 Å². The molecule has 0 saturated carbocycles. The average Bonchev–Trinajstić information content (AvgIpc) is 3.05. The standard InChI is InChI=1S/C13H16N6O/c1-18-12(9-16-17-18)8-15-10-3-2-4-11(7-10)19-6-5-14-13(19)20/h2-4,7,9,15H,5-6,8H2,1H3,(H,14,20). The van der Waals surface area contributed by atoms with Gasteiger partial charge in [-0.2, -0.15) is 0 Å². The second-order valence-electron chi connectivity index (χ2n) is 4.64. The Morgan fingerprint density at radius 3 is 3.05 bits per heavy atom. The number of aromatic nitrogens is 3. The van der Waals surface area contributed by atoms with Crippen LogP contribution in [0, 0.1) is 0 Å². The number of hydrogen-bond donors (Lipinski definition) is 2. The number of carbonyl (C=O) groups excluding carboxylic acids is 1. The van der Waals surface area contributed by atoms with Crippen molar-refractivity contribution in [1.29, 1.82) is 0 Å². The highest BCUT2D eigenvalue weighted by Crippen LogP contribution is 2.21. The maximum absolute atomic E-state index is 11.6. The van der Waals surface area contributed by atoms with E-state index in [1.165, 1.54) is 0 Å². The van der Waals surface area contributed by atoms with Crippen molar-refractivity contribution in [2.45, 2.75) is 6.54 Å². The van der Waals surface area contributed by atoms with Crippen LogP contribution < -0.4 is 15.5 Å². The van der Waals surface area contributed by atoms with Gasteiger partial charge in [-0.1, -0.05) is 11.3 Å². The molecule has 104 valence electrons. The number of nitrogens with one attached hydrogen (secondary N) is 2. The van der Waals surface area contributed by atoms with E-state index in [0.29, 0.717) is 19.6 Å². The molecule has 1 saturated heterocycles. The third kappa shape index (κ3) is 2.42. The molecule has 7 heteroatoms. The molecule has 0 atom stereocenters. The molecule has 0 bridgehead atoms. The molecule has 3 rings (SSSR count). The number of aryl methyl sites for hydroxylation is 1. The molecule has 0 aliphatic carbocycles. The lowest BCUT2D eigenvalue weighted by Gasteiger charge is -2.15. The lowest BCUT2D eigenvalue weighted by atomic mass is 10.2. The maximum Gasteiger partial charge on any atom is 0.321 e. The molecule has 0 radical (unpaired) electrons. The van der Waals surface area contributed by atoms with Gasteiger partial charge < -0.3 is 10.6 Å². The van der Waals surface area contributed by atoms with Gasteiger partial charge in [0, 0.05) is 31.5 Å². The lowest BCUT2D eigenvalue weighted by Crippen LogP contribution is -2.27. The number of nitrogens with zero attached hydrogens (tertiary/aromatic N) is 4. The van der Waals surface area contributed by atoms with Crippen LogP contribution in [0.4, 0.5) is 16.2 Å². The quantitative estimate of drug-likeness (QED) is 0.869. The van der Waals surface area contributed by atoms with E-state index in [4.69, 9.17) is 0 Å². The smallest absolute Gasteiger partial charge is 0.321 e. The number of amides is 2. The molecule has 1 aromatic carbocycles. The largest absolute Gasteiger partial charge is 0.379 e. The van der Waals surface area contributed by atoms with E-state index in [2.05, 4.69) is 20.9 Å². The highest BCUT2D eigenvalue weighted by Gasteiger charge is 2.20. The van der Waals surface area contributed by atoms with E-state index in [1.807, 2.05) is 31.3 Å². The summed E-state index contributed by atoms with van der Waals surface area (Å²) in [5.41, 5.74) is 2.85. The minimum absolute atomic E-state index is 0.0435. The van der Waals surface area contributed by atoms with Crippen molar-refractivity contribution in [3.63, 3.8) is 0 Å². The zero-order chi connectivity index (χ0) is 13.9. The number of anilines is 2. The highest BCUT2D eigenvalue weighted by atomic mass is 16.2. The SMILES string of the molecule is Cn1nncc1CNc1cccc(N2CCNC2=O)c1. The van der Waals surface area contributed by atoms with Crippen LogP contribution in [-0.2, 0) is 13.6 Å². The molecule has 0 unspecified atom stereocenters. The van der Waals surface area contributed by atoms with Crippen molar-refractivity contribution in [2.75, 3.05) is 23.3 Å². The second-order valence-corrected chi connectivity index (χ2v) is 4.64. The van der Waals surface area contributed by atoms with E-state index in [0.717, 1.165) is 17.1 Å².